The van der Waals surface area contributed by atoms with Gasteiger partial charge in [0.2, 0.25) is 10.0 Å². The zero-order chi connectivity index (χ0) is 21.0. The molecule has 152 valence electrons. The van der Waals surface area contributed by atoms with Crippen molar-refractivity contribution in [3.05, 3.63) is 83.3 Å². The molecule has 2 aromatic carbocycles. The summed E-state index contributed by atoms with van der Waals surface area (Å²) in [6.07, 6.45) is 0. The summed E-state index contributed by atoms with van der Waals surface area (Å²) < 4.78 is 33.2. The summed E-state index contributed by atoms with van der Waals surface area (Å²) in [4.78, 5) is 14.0. The van der Waals surface area contributed by atoms with Crippen molar-refractivity contribution in [1.82, 2.24) is 9.62 Å². The first kappa shape index (κ1) is 20.6. The molecule has 0 aliphatic heterocycles. The molecule has 0 bridgehead atoms. The fourth-order valence-corrected chi connectivity index (χ4v) is 3.84. The van der Waals surface area contributed by atoms with Gasteiger partial charge in [-0.05, 0) is 42.8 Å². The predicted molar refractivity (Wildman–Crippen MR) is 108 cm³/mol. The molecule has 0 saturated heterocycles. The first-order valence-electron chi connectivity index (χ1n) is 8.93. The van der Waals surface area contributed by atoms with Gasteiger partial charge in [0.1, 0.15) is 17.3 Å². The summed E-state index contributed by atoms with van der Waals surface area (Å²) in [5.41, 5.74) is 0.706. The highest BCUT2D eigenvalue weighted by molar-refractivity contribution is 7.89. The normalized spacial score (nSPS) is 11.4. The average Bonchev–Trinajstić information content (AvgIpc) is 3.11. The predicted octanol–water partition coefficient (Wildman–Crippen LogP) is 3.04. The van der Waals surface area contributed by atoms with Gasteiger partial charge >= 0.3 is 0 Å². The Labute approximate surface area is 169 Å². The van der Waals surface area contributed by atoms with Crippen LogP contribution in [0.15, 0.2) is 70.0 Å². The standard InChI is InChI=1S/C21H22N2O5S/c1-15-8-9-17(28-15)14-23(2)21(25)19-12-18(10-11-20(19)24)29(26,27)22-13-16-6-4-3-5-7-16/h3-12,22,24H,13-14H2,1-2H3. The number of phenolic OH excluding ortho intramolecular Hbond substituents is 1. The Morgan fingerprint density at radius 3 is 2.48 bits per heavy atom. The van der Waals surface area contributed by atoms with Crippen molar-refractivity contribution < 1.29 is 22.7 Å². The molecule has 0 spiro atoms. The Bertz CT molecular complexity index is 1110. The van der Waals surface area contributed by atoms with E-state index in [0.717, 1.165) is 11.3 Å². The van der Waals surface area contributed by atoms with Gasteiger partial charge in [0, 0.05) is 13.6 Å². The zero-order valence-corrected chi connectivity index (χ0v) is 16.9. The van der Waals surface area contributed by atoms with Gasteiger partial charge in [0.05, 0.1) is 17.0 Å². The lowest BCUT2D eigenvalue weighted by molar-refractivity contribution is 0.0771. The molecule has 2 N–H and O–H groups in total. The SMILES string of the molecule is Cc1ccc(CN(C)C(=O)c2cc(S(=O)(=O)NCc3ccccc3)ccc2O)o1. The average molecular weight is 414 g/mol. The third-order valence-corrected chi connectivity index (χ3v) is 5.75. The highest BCUT2D eigenvalue weighted by Crippen LogP contribution is 2.23. The number of furan rings is 1. The van der Waals surface area contributed by atoms with Crippen LogP contribution in [0.5, 0.6) is 5.75 Å². The molecule has 8 heteroatoms. The van der Waals surface area contributed by atoms with Crippen LogP contribution in [0.1, 0.15) is 27.4 Å². The van der Waals surface area contributed by atoms with Crippen LogP contribution in [0.3, 0.4) is 0 Å². The number of phenols is 1. The summed E-state index contributed by atoms with van der Waals surface area (Å²) in [5.74, 6) is 0.503. The van der Waals surface area contributed by atoms with Gasteiger partial charge in [-0.2, -0.15) is 0 Å². The van der Waals surface area contributed by atoms with E-state index >= 15 is 0 Å². The first-order valence-corrected chi connectivity index (χ1v) is 10.4. The van der Waals surface area contributed by atoms with Gasteiger partial charge in [-0.15, -0.1) is 0 Å². The number of carbonyl (C=O) groups excluding carboxylic acids is 1. The molecule has 0 saturated carbocycles. The smallest absolute Gasteiger partial charge is 0.257 e. The van der Waals surface area contributed by atoms with E-state index in [1.807, 2.05) is 18.2 Å². The van der Waals surface area contributed by atoms with E-state index in [2.05, 4.69) is 4.72 Å². The third-order valence-electron chi connectivity index (χ3n) is 4.35. The summed E-state index contributed by atoms with van der Waals surface area (Å²) in [5, 5.41) is 10.1. The monoisotopic (exact) mass is 414 g/mol. The van der Waals surface area contributed by atoms with Crippen molar-refractivity contribution >= 4 is 15.9 Å². The molecule has 0 aliphatic rings. The molecule has 1 aromatic heterocycles. The van der Waals surface area contributed by atoms with Crippen molar-refractivity contribution in [2.24, 2.45) is 0 Å². The number of carbonyl (C=O) groups is 1. The lowest BCUT2D eigenvalue weighted by atomic mass is 10.1. The Balaban J connectivity index is 1.78. The summed E-state index contributed by atoms with van der Waals surface area (Å²) in [6.45, 7) is 2.11. The molecule has 1 amide bonds. The van der Waals surface area contributed by atoms with Crippen LogP contribution in [0.25, 0.3) is 0 Å². The minimum atomic E-state index is -3.86. The molecular weight excluding hydrogens is 392 g/mol. The van der Waals surface area contributed by atoms with Gasteiger partial charge < -0.3 is 14.4 Å². The maximum atomic E-state index is 12.7. The second-order valence-corrected chi connectivity index (χ2v) is 8.43. The Hall–Kier alpha value is -3.10. The minimum absolute atomic E-state index is 0.0987. The fraction of sp³-hybridized carbons (Fsp3) is 0.190. The van der Waals surface area contributed by atoms with E-state index in [9.17, 15) is 18.3 Å². The number of rotatable bonds is 7. The Morgan fingerprint density at radius 1 is 1.10 bits per heavy atom. The van der Waals surface area contributed by atoms with Crippen molar-refractivity contribution in [1.29, 1.82) is 0 Å². The largest absolute Gasteiger partial charge is 0.507 e. The summed E-state index contributed by atoms with van der Waals surface area (Å²) >= 11 is 0. The summed E-state index contributed by atoms with van der Waals surface area (Å²) in [6, 6.07) is 16.3. The molecule has 0 aliphatic carbocycles. The zero-order valence-electron chi connectivity index (χ0n) is 16.1. The van der Waals surface area contributed by atoms with Gasteiger partial charge in [-0.3, -0.25) is 4.79 Å². The molecule has 0 fully saturated rings. The molecule has 0 radical (unpaired) electrons. The van der Waals surface area contributed by atoms with E-state index in [-0.39, 0.29) is 29.3 Å². The number of nitrogens with one attached hydrogen (secondary N) is 1. The second kappa shape index (κ2) is 8.50. The van der Waals surface area contributed by atoms with Crippen LogP contribution in [0.2, 0.25) is 0 Å². The lowest BCUT2D eigenvalue weighted by Gasteiger charge is -2.17. The number of aryl methyl sites for hydroxylation is 1. The number of benzene rings is 2. The second-order valence-electron chi connectivity index (χ2n) is 6.66. The Morgan fingerprint density at radius 2 is 1.83 bits per heavy atom. The fourth-order valence-electron chi connectivity index (χ4n) is 2.79. The first-order chi connectivity index (χ1) is 13.8. The third kappa shape index (κ3) is 5.04. The highest BCUT2D eigenvalue weighted by Gasteiger charge is 2.22. The molecule has 3 rings (SSSR count). The molecule has 29 heavy (non-hydrogen) atoms. The number of hydrogen-bond donors (Lipinski definition) is 2. The van der Waals surface area contributed by atoms with E-state index in [1.54, 1.807) is 38.2 Å². The van der Waals surface area contributed by atoms with Crippen LogP contribution < -0.4 is 4.72 Å². The van der Waals surface area contributed by atoms with E-state index in [1.165, 1.54) is 23.1 Å². The summed E-state index contributed by atoms with van der Waals surface area (Å²) in [7, 11) is -2.31. The van der Waals surface area contributed by atoms with Crippen LogP contribution in [-0.2, 0) is 23.1 Å². The molecular formula is C21H22N2O5S. The number of sulfonamides is 1. The van der Waals surface area contributed by atoms with Crippen LogP contribution in [0.4, 0.5) is 0 Å². The number of aromatic hydroxyl groups is 1. The lowest BCUT2D eigenvalue weighted by Crippen LogP contribution is -2.27. The quantitative estimate of drug-likeness (QED) is 0.619. The van der Waals surface area contributed by atoms with Crippen molar-refractivity contribution in [2.45, 2.75) is 24.9 Å². The number of hydrogen-bond acceptors (Lipinski definition) is 5. The van der Waals surface area contributed by atoms with Crippen LogP contribution >= 0.6 is 0 Å². The maximum absolute atomic E-state index is 12.7. The highest BCUT2D eigenvalue weighted by atomic mass is 32.2. The van der Waals surface area contributed by atoms with Crippen molar-refractivity contribution in [3.8, 4) is 5.75 Å². The topological polar surface area (TPSA) is 99.9 Å². The molecule has 3 aromatic rings. The number of amides is 1. The molecule has 0 atom stereocenters. The van der Waals surface area contributed by atoms with Gasteiger partial charge in [0.15, 0.2) is 0 Å². The van der Waals surface area contributed by atoms with Gasteiger partial charge in [-0.25, -0.2) is 13.1 Å². The Kier molecular flexibility index (Phi) is 6.05. The van der Waals surface area contributed by atoms with Gasteiger partial charge in [-0.1, -0.05) is 30.3 Å². The van der Waals surface area contributed by atoms with E-state index in [4.69, 9.17) is 4.42 Å². The van der Waals surface area contributed by atoms with Crippen molar-refractivity contribution in [3.63, 3.8) is 0 Å². The maximum Gasteiger partial charge on any atom is 0.257 e. The van der Waals surface area contributed by atoms with E-state index < -0.39 is 15.9 Å². The van der Waals surface area contributed by atoms with Crippen LogP contribution in [0, 0.1) is 6.92 Å². The van der Waals surface area contributed by atoms with Crippen LogP contribution in [-0.4, -0.2) is 31.4 Å². The molecule has 0 unspecified atom stereocenters. The minimum Gasteiger partial charge on any atom is -0.507 e. The molecule has 1 heterocycles. The van der Waals surface area contributed by atoms with Gasteiger partial charge in [0.25, 0.3) is 5.91 Å². The number of nitrogens with zero attached hydrogens (tertiary/aromatic N) is 1. The molecule has 7 nitrogen and oxygen atoms in total. The van der Waals surface area contributed by atoms with E-state index in [0.29, 0.717) is 5.76 Å². The van der Waals surface area contributed by atoms with Crippen molar-refractivity contribution in [2.75, 3.05) is 7.05 Å².